The molecule has 1 atom stereocenters. The fourth-order valence-electron chi connectivity index (χ4n) is 6.18. The van der Waals surface area contributed by atoms with Crippen molar-refractivity contribution in [2.45, 2.75) is 76.4 Å². The predicted molar refractivity (Wildman–Crippen MR) is 133 cm³/mol. The molecule has 2 aromatic heterocycles. The first-order chi connectivity index (χ1) is 15.9. The first-order valence-electron chi connectivity index (χ1n) is 12.5. The van der Waals surface area contributed by atoms with E-state index in [1.54, 1.807) is 18.3 Å². The van der Waals surface area contributed by atoms with Gasteiger partial charge in [0.25, 0.3) is 0 Å². The Kier molecular flexibility index (Phi) is 6.73. The second-order valence-electron chi connectivity index (χ2n) is 9.86. The van der Waals surface area contributed by atoms with Gasteiger partial charge in [0.05, 0.1) is 30.5 Å². The van der Waals surface area contributed by atoms with Gasteiger partial charge < -0.3 is 9.47 Å². The molecule has 6 nitrogen and oxygen atoms in total. The highest BCUT2D eigenvalue weighted by Crippen LogP contribution is 2.48. The molecule has 1 aliphatic heterocycles. The van der Waals surface area contributed by atoms with Crippen LogP contribution in [0.5, 0.6) is 5.75 Å². The van der Waals surface area contributed by atoms with Gasteiger partial charge in [-0.1, -0.05) is 13.8 Å². The molecule has 3 aliphatic rings. The molecule has 0 unspecified atom stereocenters. The molecule has 1 saturated heterocycles. The lowest BCUT2D eigenvalue weighted by atomic mass is 9.77. The SMILES string of the molecule is CCS(=O)(=O)C[C@H]1CCc2sc3nccc(O[C@H]4CC[C@](CC)(N5CCOCC5)CC4)c3c21. The third-order valence-corrected chi connectivity index (χ3v) is 11.2. The van der Waals surface area contributed by atoms with Crippen molar-refractivity contribution in [3.05, 3.63) is 22.7 Å². The number of ether oxygens (including phenoxy) is 2. The van der Waals surface area contributed by atoms with Crippen molar-refractivity contribution in [1.29, 1.82) is 0 Å². The van der Waals surface area contributed by atoms with E-state index in [-0.39, 0.29) is 29.1 Å². The molecule has 0 amide bonds. The topological polar surface area (TPSA) is 68.7 Å². The third-order valence-electron chi connectivity index (χ3n) is 8.19. The molecular weight excluding hydrogens is 456 g/mol. The Balaban J connectivity index is 1.35. The van der Waals surface area contributed by atoms with Crippen molar-refractivity contribution in [1.82, 2.24) is 9.88 Å². The average Bonchev–Trinajstić information content (AvgIpc) is 3.40. The van der Waals surface area contributed by atoms with E-state index in [1.165, 1.54) is 16.9 Å². The lowest BCUT2D eigenvalue weighted by Crippen LogP contribution is -2.55. The van der Waals surface area contributed by atoms with Gasteiger partial charge >= 0.3 is 0 Å². The molecule has 2 fully saturated rings. The standard InChI is InChI=1S/C25H36N2O4S2/c1-3-25(27-13-15-30-16-14-27)10-7-19(8-11-25)31-20-9-12-26-24-23(20)22-18(5-6-21(22)32-24)17-33(28,29)4-2/h9,12,18-19H,3-8,10-11,13-17H2,1-2H3/t18-,19-,25-/m1/s1. The number of aryl methyl sites for hydroxylation is 1. The minimum Gasteiger partial charge on any atom is -0.490 e. The number of sulfone groups is 1. The van der Waals surface area contributed by atoms with Gasteiger partial charge in [-0.05, 0) is 56.6 Å². The maximum Gasteiger partial charge on any atom is 0.150 e. The summed E-state index contributed by atoms with van der Waals surface area (Å²) in [5, 5.41) is 1.08. The highest BCUT2D eigenvalue weighted by molar-refractivity contribution is 7.91. The molecular formula is C25H36N2O4S2. The molecule has 0 bridgehead atoms. The summed E-state index contributed by atoms with van der Waals surface area (Å²) in [7, 11) is -3.03. The van der Waals surface area contributed by atoms with Crippen LogP contribution in [0.1, 0.15) is 68.7 Å². The Morgan fingerprint density at radius 2 is 1.97 bits per heavy atom. The van der Waals surface area contributed by atoms with E-state index in [0.717, 1.165) is 80.8 Å². The molecule has 182 valence electrons. The van der Waals surface area contributed by atoms with Crippen LogP contribution in [-0.4, -0.2) is 67.8 Å². The van der Waals surface area contributed by atoms with Crippen LogP contribution in [0.2, 0.25) is 0 Å². The largest absolute Gasteiger partial charge is 0.490 e. The van der Waals surface area contributed by atoms with Crippen LogP contribution in [0.25, 0.3) is 10.2 Å². The summed E-state index contributed by atoms with van der Waals surface area (Å²) in [5.74, 6) is 1.40. The lowest BCUT2D eigenvalue weighted by molar-refractivity contribution is -0.0510. The molecule has 5 rings (SSSR count). The van der Waals surface area contributed by atoms with Crippen molar-refractivity contribution in [3.63, 3.8) is 0 Å². The van der Waals surface area contributed by atoms with E-state index in [0.29, 0.717) is 0 Å². The molecule has 1 saturated carbocycles. The van der Waals surface area contributed by atoms with Crippen molar-refractivity contribution >= 4 is 31.4 Å². The molecule has 8 heteroatoms. The highest BCUT2D eigenvalue weighted by atomic mass is 32.2. The molecule has 2 aliphatic carbocycles. The van der Waals surface area contributed by atoms with Crippen molar-refractivity contribution in [2.75, 3.05) is 37.8 Å². The van der Waals surface area contributed by atoms with Crippen LogP contribution in [0.15, 0.2) is 12.3 Å². The summed E-state index contributed by atoms with van der Waals surface area (Å²) in [4.78, 5) is 9.56. The number of morpholine rings is 1. The fraction of sp³-hybridized carbons (Fsp3) is 0.720. The van der Waals surface area contributed by atoms with Gasteiger partial charge in [0.2, 0.25) is 0 Å². The molecule has 0 radical (unpaired) electrons. The van der Waals surface area contributed by atoms with Crippen molar-refractivity contribution < 1.29 is 17.9 Å². The van der Waals surface area contributed by atoms with E-state index in [1.807, 2.05) is 12.3 Å². The van der Waals surface area contributed by atoms with Gasteiger partial charge in [-0.2, -0.15) is 0 Å². The number of hydrogen-bond donors (Lipinski definition) is 0. The van der Waals surface area contributed by atoms with Gasteiger partial charge in [0.15, 0.2) is 9.84 Å². The first-order valence-corrected chi connectivity index (χ1v) is 15.2. The van der Waals surface area contributed by atoms with Crippen LogP contribution in [0.3, 0.4) is 0 Å². The number of rotatable bonds is 7. The van der Waals surface area contributed by atoms with Gasteiger partial charge in [0, 0.05) is 41.4 Å². The number of fused-ring (bicyclic) bond motifs is 3. The van der Waals surface area contributed by atoms with Gasteiger partial charge in [-0.25, -0.2) is 13.4 Å². The summed E-state index contributed by atoms with van der Waals surface area (Å²) in [6.07, 6.45) is 9.48. The minimum absolute atomic E-state index is 0.0608. The summed E-state index contributed by atoms with van der Waals surface area (Å²) >= 11 is 1.72. The normalized spacial score (nSPS) is 28.8. The van der Waals surface area contributed by atoms with Crippen LogP contribution in [0.4, 0.5) is 0 Å². The molecule has 2 aromatic rings. The Hall–Kier alpha value is -1.22. The van der Waals surface area contributed by atoms with Crippen LogP contribution in [-0.2, 0) is 21.0 Å². The highest BCUT2D eigenvalue weighted by Gasteiger charge is 2.40. The van der Waals surface area contributed by atoms with Crippen LogP contribution in [0, 0.1) is 0 Å². The average molecular weight is 493 g/mol. The van der Waals surface area contributed by atoms with E-state index >= 15 is 0 Å². The van der Waals surface area contributed by atoms with E-state index in [4.69, 9.17) is 9.47 Å². The first kappa shape index (κ1) is 23.5. The lowest BCUT2D eigenvalue weighted by Gasteiger charge is -2.49. The number of aromatic nitrogens is 1. The van der Waals surface area contributed by atoms with Crippen LogP contribution < -0.4 is 4.74 Å². The second kappa shape index (κ2) is 9.44. The van der Waals surface area contributed by atoms with Gasteiger partial charge in [-0.3, -0.25) is 4.90 Å². The second-order valence-corrected chi connectivity index (χ2v) is 13.3. The smallest absolute Gasteiger partial charge is 0.150 e. The van der Waals surface area contributed by atoms with Gasteiger partial charge in [0.1, 0.15) is 10.6 Å². The third kappa shape index (κ3) is 4.56. The Morgan fingerprint density at radius 3 is 2.67 bits per heavy atom. The summed E-state index contributed by atoms with van der Waals surface area (Å²) in [6, 6.07) is 1.99. The quantitative estimate of drug-likeness (QED) is 0.564. The Morgan fingerprint density at radius 1 is 1.21 bits per heavy atom. The zero-order valence-electron chi connectivity index (χ0n) is 19.8. The number of nitrogens with zero attached hydrogens (tertiary/aromatic N) is 2. The molecule has 3 heterocycles. The minimum atomic E-state index is -3.03. The zero-order chi connectivity index (χ0) is 23.1. The summed E-state index contributed by atoms with van der Waals surface area (Å²) in [5.41, 5.74) is 1.47. The summed E-state index contributed by atoms with van der Waals surface area (Å²) < 4.78 is 37.0. The monoisotopic (exact) mass is 492 g/mol. The molecule has 0 aromatic carbocycles. The van der Waals surface area contributed by atoms with E-state index < -0.39 is 9.84 Å². The molecule has 0 N–H and O–H groups in total. The van der Waals surface area contributed by atoms with Crippen molar-refractivity contribution in [2.24, 2.45) is 0 Å². The van der Waals surface area contributed by atoms with Crippen molar-refractivity contribution in [3.8, 4) is 5.75 Å². The fourth-order valence-corrected chi connectivity index (χ4v) is 8.62. The van der Waals surface area contributed by atoms with Gasteiger partial charge in [-0.15, -0.1) is 11.3 Å². The Labute approximate surface area is 201 Å². The zero-order valence-corrected chi connectivity index (χ0v) is 21.5. The van der Waals surface area contributed by atoms with Crippen LogP contribution >= 0.6 is 11.3 Å². The number of thiophene rings is 1. The molecule has 0 spiro atoms. The van der Waals surface area contributed by atoms with E-state index in [9.17, 15) is 8.42 Å². The number of pyridine rings is 1. The predicted octanol–water partition coefficient (Wildman–Crippen LogP) is 4.56. The molecule has 33 heavy (non-hydrogen) atoms. The maximum atomic E-state index is 12.4. The maximum absolute atomic E-state index is 12.4. The summed E-state index contributed by atoms with van der Waals surface area (Å²) in [6.45, 7) is 7.82. The number of hydrogen-bond acceptors (Lipinski definition) is 7. The Bertz CT molecular complexity index is 1080. The van der Waals surface area contributed by atoms with E-state index in [2.05, 4.69) is 16.8 Å².